The van der Waals surface area contributed by atoms with Crippen molar-refractivity contribution < 1.29 is 17.9 Å². The highest BCUT2D eigenvalue weighted by molar-refractivity contribution is 7.92. The smallest absolute Gasteiger partial charge is 0.262 e. The fraction of sp³-hybridized carbons (Fsp3) is 0.350. The van der Waals surface area contributed by atoms with Crippen LogP contribution in [-0.4, -0.2) is 21.4 Å². The van der Waals surface area contributed by atoms with Crippen molar-refractivity contribution in [3.8, 4) is 5.75 Å². The lowest BCUT2D eigenvalue weighted by Crippen LogP contribution is -2.17. The third-order valence-corrected chi connectivity index (χ3v) is 6.31. The summed E-state index contributed by atoms with van der Waals surface area (Å²) in [5, 5.41) is 2.84. The van der Waals surface area contributed by atoms with Gasteiger partial charge in [0.15, 0.2) is 0 Å². The molecule has 3 rings (SSSR count). The summed E-state index contributed by atoms with van der Waals surface area (Å²) in [4.78, 5) is 12.2. The van der Waals surface area contributed by atoms with Gasteiger partial charge in [-0.2, -0.15) is 0 Å². The van der Waals surface area contributed by atoms with Gasteiger partial charge in [-0.05, 0) is 74.6 Å². The molecule has 144 valence electrons. The Labute approximate surface area is 160 Å². The van der Waals surface area contributed by atoms with Gasteiger partial charge in [-0.1, -0.05) is 6.07 Å². The minimum Gasteiger partial charge on any atom is -0.497 e. The van der Waals surface area contributed by atoms with Gasteiger partial charge in [0.2, 0.25) is 5.91 Å². The van der Waals surface area contributed by atoms with Crippen molar-refractivity contribution in [2.24, 2.45) is 5.92 Å². The van der Waals surface area contributed by atoms with E-state index in [-0.39, 0.29) is 16.7 Å². The molecule has 0 atom stereocenters. The predicted octanol–water partition coefficient (Wildman–Crippen LogP) is 3.77. The number of carbonyl (C=O) groups excluding carboxylic acids is 1. The normalized spacial score (nSPS) is 13.9. The minimum absolute atomic E-state index is 0.0190. The number of carbonyl (C=O) groups is 1. The zero-order valence-electron chi connectivity index (χ0n) is 15.9. The highest BCUT2D eigenvalue weighted by atomic mass is 32.2. The van der Waals surface area contributed by atoms with Crippen molar-refractivity contribution in [2.45, 2.75) is 38.5 Å². The molecule has 0 saturated heterocycles. The summed E-state index contributed by atoms with van der Waals surface area (Å²) < 4.78 is 33.9. The van der Waals surface area contributed by atoms with Gasteiger partial charge in [-0.25, -0.2) is 8.42 Å². The lowest BCUT2D eigenvalue weighted by atomic mass is 10.1. The van der Waals surface area contributed by atoms with Gasteiger partial charge in [0.05, 0.1) is 17.7 Å². The van der Waals surface area contributed by atoms with Crippen molar-refractivity contribution in [1.82, 2.24) is 0 Å². The van der Waals surface area contributed by atoms with E-state index in [4.69, 9.17) is 4.74 Å². The molecule has 1 saturated carbocycles. The second-order valence-corrected chi connectivity index (χ2v) is 8.61. The number of methoxy groups -OCH3 is 1. The van der Waals surface area contributed by atoms with Crippen LogP contribution in [0.15, 0.2) is 35.2 Å². The molecule has 7 heteroatoms. The molecule has 0 spiro atoms. The van der Waals surface area contributed by atoms with Crippen LogP contribution in [-0.2, 0) is 14.8 Å². The Morgan fingerprint density at radius 2 is 1.67 bits per heavy atom. The summed E-state index contributed by atoms with van der Waals surface area (Å²) in [6, 6.07) is 8.61. The SMILES string of the molecule is COc1cc(C)c(S(=O)(=O)Nc2cc(NC(=O)C3CC3)ccc2C)c(C)c1. The molecule has 2 aromatic carbocycles. The number of anilines is 2. The monoisotopic (exact) mass is 388 g/mol. The summed E-state index contributed by atoms with van der Waals surface area (Å²) in [6.07, 6.45) is 1.82. The van der Waals surface area contributed by atoms with Crippen molar-refractivity contribution in [1.29, 1.82) is 0 Å². The number of nitrogens with one attached hydrogen (secondary N) is 2. The van der Waals surface area contributed by atoms with E-state index in [9.17, 15) is 13.2 Å². The largest absolute Gasteiger partial charge is 0.497 e. The third kappa shape index (κ3) is 4.24. The van der Waals surface area contributed by atoms with E-state index in [0.717, 1.165) is 18.4 Å². The van der Waals surface area contributed by atoms with Gasteiger partial charge in [-0.15, -0.1) is 0 Å². The van der Waals surface area contributed by atoms with Crippen LogP contribution in [0.5, 0.6) is 5.75 Å². The lowest BCUT2D eigenvalue weighted by Gasteiger charge is -2.16. The van der Waals surface area contributed by atoms with E-state index < -0.39 is 10.0 Å². The molecule has 0 aliphatic heterocycles. The first-order valence-electron chi connectivity index (χ1n) is 8.81. The van der Waals surface area contributed by atoms with Gasteiger partial charge < -0.3 is 10.1 Å². The molecule has 1 fully saturated rings. The Kier molecular flexibility index (Phi) is 5.15. The molecule has 0 aromatic heterocycles. The number of ether oxygens (including phenoxy) is 1. The highest BCUT2D eigenvalue weighted by Gasteiger charge is 2.29. The summed E-state index contributed by atoms with van der Waals surface area (Å²) in [7, 11) is -2.24. The van der Waals surface area contributed by atoms with Crippen LogP contribution < -0.4 is 14.8 Å². The van der Waals surface area contributed by atoms with E-state index in [1.54, 1.807) is 51.3 Å². The van der Waals surface area contributed by atoms with Gasteiger partial charge >= 0.3 is 0 Å². The van der Waals surface area contributed by atoms with E-state index in [0.29, 0.717) is 28.3 Å². The molecule has 0 heterocycles. The first-order valence-corrected chi connectivity index (χ1v) is 10.3. The number of rotatable bonds is 6. The molecule has 6 nitrogen and oxygen atoms in total. The molecular formula is C20H24N2O4S. The van der Waals surface area contributed by atoms with E-state index in [2.05, 4.69) is 10.0 Å². The predicted molar refractivity (Wildman–Crippen MR) is 106 cm³/mol. The van der Waals surface area contributed by atoms with Gasteiger partial charge in [0.1, 0.15) is 5.75 Å². The van der Waals surface area contributed by atoms with Crippen LogP contribution >= 0.6 is 0 Å². The lowest BCUT2D eigenvalue weighted by molar-refractivity contribution is -0.117. The van der Waals surface area contributed by atoms with Gasteiger partial charge in [0.25, 0.3) is 10.0 Å². The second-order valence-electron chi connectivity index (χ2n) is 6.99. The topological polar surface area (TPSA) is 84.5 Å². The first-order chi connectivity index (χ1) is 12.7. The molecule has 1 aliphatic carbocycles. The van der Waals surface area contributed by atoms with Crippen molar-refractivity contribution >= 4 is 27.3 Å². The maximum atomic E-state index is 13.0. The number of benzene rings is 2. The van der Waals surface area contributed by atoms with Crippen LogP contribution in [0.2, 0.25) is 0 Å². The summed E-state index contributed by atoms with van der Waals surface area (Å²) in [5.74, 6) is 0.676. The highest BCUT2D eigenvalue weighted by Crippen LogP contribution is 2.32. The van der Waals surface area contributed by atoms with Gasteiger partial charge in [0, 0.05) is 11.6 Å². The van der Waals surface area contributed by atoms with Crippen molar-refractivity contribution in [2.75, 3.05) is 17.1 Å². The van der Waals surface area contributed by atoms with Crippen molar-refractivity contribution in [3.05, 3.63) is 47.0 Å². The fourth-order valence-electron chi connectivity index (χ4n) is 3.05. The van der Waals surface area contributed by atoms with Crippen LogP contribution in [0.4, 0.5) is 11.4 Å². The van der Waals surface area contributed by atoms with E-state index >= 15 is 0 Å². The molecule has 2 N–H and O–H groups in total. The minimum atomic E-state index is -3.79. The third-order valence-electron chi connectivity index (χ3n) is 4.64. The molecule has 2 aromatic rings. The maximum Gasteiger partial charge on any atom is 0.262 e. The number of sulfonamides is 1. The number of hydrogen-bond acceptors (Lipinski definition) is 4. The zero-order chi connectivity index (χ0) is 19.8. The average Bonchev–Trinajstić information content (AvgIpc) is 3.41. The number of hydrogen-bond donors (Lipinski definition) is 2. The standard InChI is InChI=1S/C20H24N2O4S/c1-12-5-8-16(21-20(23)15-6-7-15)11-18(12)22-27(24,25)19-13(2)9-17(26-4)10-14(19)3/h5,8-11,15,22H,6-7H2,1-4H3,(H,21,23). The van der Waals surface area contributed by atoms with Crippen molar-refractivity contribution in [3.63, 3.8) is 0 Å². The Balaban J connectivity index is 1.90. The molecule has 0 radical (unpaired) electrons. The zero-order valence-corrected chi connectivity index (χ0v) is 16.7. The van der Waals surface area contributed by atoms with Crippen LogP contribution in [0.3, 0.4) is 0 Å². The average molecular weight is 388 g/mol. The number of amides is 1. The van der Waals surface area contributed by atoms with Crippen LogP contribution in [0.1, 0.15) is 29.5 Å². The second kappa shape index (κ2) is 7.23. The Morgan fingerprint density at radius 1 is 1.04 bits per heavy atom. The summed E-state index contributed by atoms with van der Waals surface area (Å²) in [5.41, 5.74) is 3.01. The van der Waals surface area contributed by atoms with E-state index in [1.165, 1.54) is 0 Å². The molecule has 1 aliphatic rings. The van der Waals surface area contributed by atoms with Crippen LogP contribution in [0, 0.1) is 26.7 Å². The summed E-state index contributed by atoms with van der Waals surface area (Å²) in [6.45, 7) is 5.30. The Hall–Kier alpha value is -2.54. The maximum absolute atomic E-state index is 13.0. The number of aryl methyl sites for hydroxylation is 3. The molecular weight excluding hydrogens is 364 g/mol. The van der Waals surface area contributed by atoms with Gasteiger partial charge in [-0.3, -0.25) is 9.52 Å². The molecule has 0 bridgehead atoms. The summed E-state index contributed by atoms with van der Waals surface area (Å²) >= 11 is 0. The first kappa shape index (κ1) is 19.2. The Bertz CT molecular complexity index is 972. The fourth-order valence-corrected chi connectivity index (χ4v) is 4.62. The quantitative estimate of drug-likeness (QED) is 0.789. The molecule has 1 amide bonds. The van der Waals surface area contributed by atoms with Crippen LogP contribution in [0.25, 0.3) is 0 Å². The van der Waals surface area contributed by atoms with E-state index in [1.807, 2.05) is 6.92 Å². The molecule has 0 unspecified atom stereocenters. The Morgan fingerprint density at radius 3 is 2.22 bits per heavy atom. The molecule has 27 heavy (non-hydrogen) atoms.